The molecule has 0 heterocycles. The minimum absolute atomic E-state index is 0.0680. The Kier molecular flexibility index (Phi) is 5.13. The van der Waals surface area contributed by atoms with Crippen LogP contribution in [0.3, 0.4) is 0 Å². The minimum Gasteiger partial charge on any atom is -0.320 e. The Hall–Kier alpha value is -0.380. The van der Waals surface area contributed by atoms with Gasteiger partial charge in [-0.25, -0.2) is 5.48 Å². The van der Waals surface area contributed by atoms with E-state index in [2.05, 4.69) is 19.0 Å². The van der Waals surface area contributed by atoms with Crippen molar-refractivity contribution in [2.24, 2.45) is 5.73 Å². The smallest absolute Gasteiger partial charge is 0.0974 e. The third-order valence-corrected chi connectivity index (χ3v) is 1.93. The van der Waals surface area contributed by atoms with Crippen LogP contribution in [-0.4, -0.2) is 18.2 Å². The maximum atomic E-state index is 5.86. The highest BCUT2D eigenvalue weighted by Gasteiger charge is 2.23. The van der Waals surface area contributed by atoms with Gasteiger partial charge in [0.25, 0.3) is 0 Å². The van der Waals surface area contributed by atoms with Gasteiger partial charge in [-0.05, 0) is 20.3 Å². The molecule has 0 aliphatic rings. The summed E-state index contributed by atoms with van der Waals surface area (Å²) >= 11 is 0. The van der Waals surface area contributed by atoms with Gasteiger partial charge in [0.2, 0.25) is 0 Å². The standard InChI is InChI=1S/C9H20N2O/c1-5-7-11-12-8(3)9(4,10)6-2/h6,8,11H,2,5,7,10H2,1,3-4H3. The summed E-state index contributed by atoms with van der Waals surface area (Å²) in [6.45, 7) is 10.4. The SMILES string of the molecule is C=CC(C)(N)C(C)ONCCC. The second-order valence-electron chi connectivity index (χ2n) is 3.22. The van der Waals surface area contributed by atoms with E-state index in [1.807, 2.05) is 13.8 Å². The lowest BCUT2D eigenvalue weighted by atomic mass is 9.98. The number of nitrogens with one attached hydrogen (secondary N) is 1. The topological polar surface area (TPSA) is 47.3 Å². The molecule has 3 nitrogen and oxygen atoms in total. The van der Waals surface area contributed by atoms with Crippen molar-refractivity contribution in [3.05, 3.63) is 12.7 Å². The van der Waals surface area contributed by atoms with Gasteiger partial charge in [-0.1, -0.05) is 13.0 Å². The Morgan fingerprint density at radius 3 is 2.75 bits per heavy atom. The largest absolute Gasteiger partial charge is 0.320 e. The van der Waals surface area contributed by atoms with Crippen LogP contribution in [0.1, 0.15) is 27.2 Å². The van der Waals surface area contributed by atoms with Gasteiger partial charge in [-0.2, -0.15) is 0 Å². The van der Waals surface area contributed by atoms with E-state index in [1.54, 1.807) is 6.08 Å². The van der Waals surface area contributed by atoms with Crippen LogP contribution in [0.25, 0.3) is 0 Å². The maximum absolute atomic E-state index is 5.86. The first kappa shape index (κ1) is 11.6. The fraction of sp³-hybridized carbons (Fsp3) is 0.778. The van der Waals surface area contributed by atoms with Gasteiger partial charge < -0.3 is 5.73 Å². The highest BCUT2D eigenvalue weighted by atomic mass is 16.7. The van der Waals surface area contributed by atoms with Gasteiger partial charge in [-0.3, -0.25) is 4.84 Å². The van der Waals surface area contributed by atoms with E-state index in [4.69, 9.17) is 10.6 Å². The van der Waals surface area contributed by atoms with Crippen molar-refractivity contribution in [1.29, 1.82) is 0 Å². The lowest BCUT2D eigenvalue weighted by Crippen LogP contribution is -2.48. The molecule has 2 unspecified atom stereocenters. The average Bonchev–Trinajstić information content (AvgIpc) is 2.05. The van der Waals surface area contributed by atoms with E-state index in [9.17, 15) is 0 Å². The fourth-order valence-corrected chi connectivity index (χ4v) is 0.579. The summed E-state index contributed by atoms with van der Waals surface area (Å²) in [6.07, 6.45) is 2.68. The molecule has 0 saturated carbocycles. The molecule has 0 bridgehead atoms. The molecular weight excluding hydrogens is 152 g/mol. The van der Waals surface area contributed by atoms with Crippen LogP contribution in [0.4, 0.5) is 0 Å². The van der Waals surface area contributed by atoms with Crippen LogP contribution in [0.2, 0.25) is 0 Å². The molecule has 0 rings (SSSR count). The molecule has 2 atom stereocenters. The first-order valence-electron chi connectivity index (χ1n) is 4.35. The third-order valence-electron chi connectivity index (χ3n) is 1.93. The number of hydrogen-bond acceptors (Lipinski definition) is 3. The van der Waals surface area contributed by atoms with Crippen LogP contribution < -0.4 is 11.2 Å². The van der Waals surface area contributed by atoms with Gasteiger partial charge in [0.1, 0.15) is 0 Å². The Balaban J connectivity index is 3.70. The van der Waals surface area contributed by atoms with Crippen molar-refractivity contribution in [2.75, 3.05) is 6.54 Å². The number of hydrogen-bond donors (Lipinski definition) is 2. The second kappa shape index (κ2) is 5.30. The molecule has 12 heavy (non-hydrogen) atoms. The van der Waals surface area contributed by atoms with Crippen LogP contribution in [0.5, 0.6) is 0 Å². The molecule has 0 spiro atoms. The quantitative estimate of drug-likeness (QED) is 0.359. The molecule has 0 aromatic heterocycles. The lowest BCUT2D eigenvalue weighted by molar-refractivity contribution is -0.0392. The molecule has 72 valence electrons. The first-order chi connectivity index (χ1) is 5.54. The number of rotatable bonds is 6. The highest BCUT2D eigenvalue weighted by molar-refractivity contribution is 5.00. The van der Waals surface area contributed by atoms with Crippen molar-refractivity contribution >= 4 is 0 Å². The van der Waals surface area contributed by atoms with E-state index >= 15 is 0 Å². The van der Waals surface area contributed by atoms with E-state index in [0.717, 1.165) is 13.0 Å². The zero-order valence-corrected chi connectivity index (χ0v) is 8.26. The monoisotopic (exact) mass is 172 g/mol. The zero-order valence-electron chi connectivity index (χ0n) is 8.26. The Labute approximate surface area is 74.9 Å². The molecule has 0 saturated heterocycles. The summed E-state index contributed by atoms with van der Waals surface area (Å²) in [5.74, 6) is 0. The molecule has 3 heteroatoms. The van der Waals surface area contributed by atoms with Crippen LogP contribution >= 0.6 is 0 Å². The van der Waals surface area contributed by atoms with Gasteiger partial charge in [0.05, 0.1) is 11.6 Å². The summed E-state index contributed by atoms with van der Waals surface area (Å²) in [4.78, 5) is 5.29. The van der Waals surface area contributed by atoms with E-state index in [0.29, 0.717) is 0 Å². The summed E-state index contributed by atoms with van der Waals surface area (Å²) in [5, 5.41) is 0. The van der Waals surface area contributed by atoms with Gasteiger partial charge in [-0.15, -0.1) is 6.58 Å². The minimum atomic E-state index is -0.471. The molecule has 3 N–H and O–H groups in total. The van der Waals surface area contributed by atoms with Crippen LogP contribution in [-0.2, 0) is 4.84 Å². The van der Waals surface area contributed by atoms with Gasteiger partial charge in [0, 0.05) is 6.54 Å². The summed E-state index contributed by atoms with van der Waals surface area (Å²) in [7, 11) is 0. The Morgan fingerprint density at radius 1 is 1.75 bits per heavy atom. The Bertz CT molecular complexity index is 134. The molecular formula is C9H20N2O. The predicted octanol–water partition coefficient (Wildman–Crippen LogP) is 1.21. The summed E-state index contributed by atoms with van der Waals surface area (Å²) in [6, 6.07) is 0. The third kappa shape index (κ3) is 3.85. The van der Waals surface area contributed by atoms with E-state index < -0.39 is 5.54 Å². The number of nitrogens with two attached hydrogens (primary N) is 1. The van der Waals surface area contributed by atoms with Crippen molar-refractivity contribution in [3.63, 3.8) is 0 Å². The fourth-order valence-electron chi connectivity index (χ4n) is 0.579. The van der Waals surface area contributed by atoms with Crippen LogP contribution in [0.15, 0.2) is 12.7 Å². The van der Waals surface area contributed by atoms with Crippen LogP contribution in [0, 0.1) is 0 Å². The van der Waals surface area contributed by atoms with Crippen molar-refractivity contribution in [1.82, 2.24) is 5.48 Å². The molecule has 0 aliphatic carbocycles. The lowest BCUT2D eigenvalue weighted by Gasteiger charge is -2.27. The predicted molar refractivity (Wildman–Crippen MR) is 51.6 cm³/mol. The van der Waals surface area contributed by atoms with Gasteiger partial charge >= 0.3 is 0 Å². The number of hydroxylamine groups is 1. The zero-order chi connectivity index (χ0) is 9.61. The molecule has 0 radical (unpaired) electrons. The molecule has 0 amide bonds. The van der Waals surface area contributed by atoms with Crippen molar-refractivity contribution < 1.29 is 4.84 Å². The first-order valence-corrected chi connectivity index (χ1v) is 4.35. The molecule has 0 aromatic rings. The second-order valence-corrected chi connectivity index (χ2v) is 3.22. The normalized spacial score (nSPS) is 18.3. The van der Waals surface area contributed by atoms with Gasteiger partial charge in [0.15, 0.2) is 0 Å². The Morgan fingerprint density at radius 2 is 2.33 bits per heavy atom. The van der Waals surface area contributed by atoms with Crippen molar-refractivity contribution in [3.8, 4) is 0 Å². The maximum Gasteiger partial charge on any atom is 0.0974 e. The van der Waals surface area contributed by atoms with E-state index in [-0.39, 0.29) is 6.10 Å². The average molecular weight is 172 g/mol. The summed E-state index contributed by atoms with van der Waals surface area (Å²) < 4.78 is 0. The molecule has 0 fully saturated rings. The van der Waals surface area contributed by atoms with E-state index in [1.165, 1.54) is 0 Å². The van der Waals surface area contributed by atoms with Crippen molar-refractivity contribution in [2.45, 2.75) is 38.8 Å². The molecule has 0 aromatic carbocycles. The molecule has 0 aliphatic heterocycles. The highest BCUT2D eigenvalue weighted by Crippen LogP contribution is 2.09. The summed E-state index contributed by atoms with van der Waals surface area (Å²) in [5.41, 5.74) is 8.23.